The zero-order valence-electron chi connectivity index (χ0n) is 16.2. The lowest BCUT2D eigenvalue weighted by Crippen LogP contribution is -2.26. The van der Waals surface area contributed by atoms with Crippen LogP contribution in [0.1, 0.15) is 36.1 Å². The van der Waals surface area contributed by atoms with Crippen molar-refractivity contribution in [3.63, 3.8) is 0 Å². The highest BCUT2D eigenvalue weighted by atomic mass is 16.5. The number of imidazole rings is 1. The van der Waals surface area contributed by atoms with Gasteiger partial charge in [-0.1, -0.05) is 12.1 Å². The van der Waals surface area contributed by atoms with Gasteiger partial charge in [0.1, 0.15) is 17.3 Å². The van der Waals surface area contributed by atoms with E-state index >= 15 is 0 Å². The van der Waals surface area contributed by atoms with Gasteiger partial charge in [-0.25, -0.2) is 4.98 Å². The van der Waals surface area contributed by atoms with Crippen LogP contribution in [0, 0.1) is 0 Å². The van der Waals surface area contributed by atoms with E-state index in [1.54, 1.807) is 32.4 Å². The van der Waals surface area contributed by atoms with Gasteiger partial charge in [0.2, 0.25) is 0 Å². The number of benzene rings is 2. The minimum absolute atomic E-state index is 0.167. The Labute approximate surface area is 159 Å². The van der Waals surface area contributed by atoms with Gasteiger partial charge >= 0.3 is 0 Å². The molecule has 0 aliphatic carbocycles. The Morgan fingerprint density at radius 3 is 2.41 bits per heavy atom. The number of methoxy groups -OCH3 is 2. The molecule has 27 heavy (non-hydrogen) atoms. The highest BCUT2D eigenvalue weighted by molar-refractivity contribution is 5.95. The lowest BCUT2D eigenvalue weighted by atomic mass is 10.2. The molecule has 3 aromatic rings. The third kappa shape index (κ3) is 4.05. The minimum atomic E-state index is -0.167. The maximum absolute atomic E-state index is 12.5. The minimum Gasteiger partial charge on any atom is -0.497 e. The van der Waals surface area contributed by atoms with E-state index in [1.807, 2.05) is 18.2 Å². The van der Waals surface area contributed by atoms with Gasteiger partial charge in [0.05, 0.1) is 25.3 Å². The van der Waals surface area contributed by atoms with Crippen LogP contribution in [0.4, 0.5) is 0 Å². The Morgan fingerprint density at radius 2 is 1.78 bits per heavy atom. The van der Waals surface area contributed by atoms with Crippen molar-refractivity contribution in [2.24, 2.45) is 0 Å². The number of aromatic nitrogens is 2. The third-order valence-electron chi connectivity index (χ3n) is 4.43. The SMILES string of the molecule is COc1cc(OC)cc(C(=O)NCCc2nc3ccccc3n2C(C)C)c1. The Balaban J connectivity index is 1.72. The fourth-order valence-corrected chi connectivity index (χ4v) is 3.18. The van der Waals surface area contributed by atoms with Crippen LogP contribution in [-0.4, -0.2) is 36.2 Å². The van der Waals surface area contributed by atoms with Gasteiger partial charge in [0.25, 0.3) is 5.91 Å². The number of rotatable bonds is 7. The Hall–Kier alpha value is -3.02. The lowest BCUT2D eigenvalue weighted by Gasteiger charge is -2.13. The monoisotopic (exact) mass is 367 g/mol. The lowest BCUT2D eigenvalue weighted by molar-refractivity contribution is 0.0953. The number of nitrogens with one attached hydrogen (secondary N) is 1. The summed E-state index contributed by atoms with van der Waals surface area (Å²) in [6, 6.07) is 13.5. The molecule has 1 aromatic heterocycles. The second kappa shape index (κ2) is 8.12. The molecule has 0 fully saturated rings. The van der Waals surface area contributed by atoms with Crippen LogP contribution in [0.3, 0.4) is 0 Å². The van der Waals surface area contributed by atoms with Crippen molar-refractivity contribution in [1.29, 1.82) is 0 Å². The largest absolute Gasteiger partial charge is 0.497 e. The van der Waals surface area contributed by atoms with Crippen molar-refractivity contribution >= 4 is 16.9 Å². The van der Waals surface area contributed by atoms with Gasteiger partial charge in [0.15, 0.2) is 0 Å². The highest BCUT2D eigenvalue weighted by Gasteiger charge is 2.14. The summed E-state index contributed by atoms with van der Waals surface area (Å²) in [5.41, 5.74) is 2.60. The molecule has 3 rings (SSSR count). The zero-order valence-corrected chi connectivity index (χ0v) is 16.2. The summed E-state index contributed by atoms with van der Waals surface area (Å²) in [5.74, 6) is 1.97. The summed E-state index contributed by atoms with van der Waals surface area (Å²) < 4.78 is 12.7. The summed E-state index contributed by atoms with van der Waals surface area (Å²) >= 11 is 0. The Kier molecular flexibility index (Phi) is 5.64. The topological polar surface area (TPSA) is 65.4 Å². The molecule has 6 heteroatoms. The number of carbonyl (C=O) groups excluding carboxylic acids is 1. The number of para-hydroxylation sites is 2. The number of amides is 1. The van der Waals surface area contributed by atoms with E-state index in [9.17, 15) is 4.79 Å². The van der Waals surface area contributed by atoms with E-state index in [1.165, 1.54) is 0 Å². The van der Waals surface area contributed by atoms with E-state index in [-0.39, 0.29) is 5.91 Å². The van der Waals surface area contributed by atoms with Gasteiger partial charge in [-0.15, -0.1) is 0 Å². The molecule has 0 radical (unpaired) electrons. The standard InChI is InChI=1S/C21H25N3O3/c1-14(2)24-19-8-6-5-7-18(19)23-20(24)9-10-22-21(25)15-11-16(26-3)13-17(12-15)27-4/h5-8,11-14H,9-10H2,1-4H3,(H,22,25). The summed E-state index contributed by atoms with van der Waals surface area (Å²) in [7, 11) is 3.12. The van der Waals surface area contributed by atoms with Crippen LogP contribution in [0.5, 0.6) is 11.5 Å². The molecule has 0 unspecified atom stereocenters. The molecule has 1 N–H and O–H groups in total. The number of fused-ring (bicyclic) bond motifs is 1. The second-order valence-electron chi connectivity index (χ2n) is 6.59. The van der Waals surface area contributed by atoms with E-state index in [0.29, 0.717) is 36.1 Å². The maximum Gasteiger partial charge on any atom is 0.251 e. The smallest absolute Gasteiger partial charge is 0.251 e. The second-order valence-corrected chi connectivity index (χ2v) is 6.59. The van der Waals surface area contributed by atoms with Crippen molar-refractivity contribution in [2.45, 2.75) is 26.3 Å². The first-order valence-electron chi connectivity index (χ1n) is 9.00. The Bertz CT molecular complexity index is 925. The van der Waals surface area contributed by atoms with Crippen molar-refractivity contribution in [1.82, 2.24) is 14.9 Å². The molecule has 0 aliphatic rings. The molecular formula is C21H25N3O3. The van der Waals surface area contributed by atoms with Crippen molar-refractivity contribution in [3.05, 3.63) is 53.9 Å². The van der Waals surface area contributed by atoms with E-state index in [4.69, 9.17) is 14.5 Å². The van der Waals surface area contributed by atoms with Crippen molar-refractivity contribution in [3.8, 4) is 11.5 Å². The first-order valence-corrected chi connectivity index (χ1v) is 9.00. The fourth-order valence-electron chi connectivity index (χ4n) is 3.18. The fraction of sp³-hybridized carbons (Fsp3) is 0.333. The molecule has 0 saturated heterocycles. The van der Waals surface area contributed by atoms with Crippen LogP contribution in [0.25, 0.3) is 11.0 Å². The van der Waals surface area contributed by atoms with E-state index < -0.39 is 0 Å². The van der Waals surface area contributed by atoms with Crippen molar-refractivity contribution in [2.75, 3.05) is 20.8 Å². The van der Waals surface area contributed by atoms with Gasteiger partial charge in [-0.3, -0.25) is 4.79 Å². The molecule has 0 spiro atoms. The summed E-state index contributed by atoms with van der Waals surface area (Å²) in [4.78, 5) is 17.2. The average Bonchev–Trinajstić information content (AvgIpc) is 3.05. The van der Waals surface area contributed by atoms with Crippen LogP contribution >= 0.6 is 0 Å². The first-order chi connectivity index (χ1) is 13.0. The van der Waals surface area contributed by atoms with E-state index in [0.717, 1.165) is 16.9 Å². The van der Waals surface area contributed by atoms with Crippen LogP contribution in [0.2, 0.25) is 0 Å². The average molecular weight is 367 g/mol. The van der Waals surface area contributed by atoms with Crippen LogP contribution in [0.15, 0.2) is 42.5 Å². The number of ether oxygens (including phenoxy) is 2. The number of hydrogen-bond acceptors (Lipinski definition) is 4. The van der Waals surface area contributed by atoms with Gasteiger partial charge in [-0.2, -0.15) is 0 Å². The van der Waals surface area contributed by atoms with Gasteiger partial charge < -0.3 is 19.4 Å². The molecule has 0 atom stereocenters. The van der Waals surface area contributed by atoms with Crippen molar-refractivity contribution < 1.29 is 14.3 Å². The van der Waals surface area contributed by atoms with Crippen LogP contribution in [-0.2, 0) is 6.42 Å². The molecular weight excluding hydrogens is 342 g/mol. The summed E-state index contributed by atoms with van der Waals surface area (Å²) in [6.07, 6.45) is 0.652. The van der Waals surface area contributed by atoms with Gasteiger partial charge in [-0.05, 0) is 38.1 Å². The predicted octanol–water partition coefficient (Wildman–Crippen LogP) is 3.61. The maximum atomic E-state index is 12.5. The Morgan fingerprint density at radius 1 is 1.11 bits per heavy atom. The molecule has 0 saturated carbocycles. The number of carbonyl (C=O) groups is 1. The zero-order chi connectivity index (χ0) is 19.4. The van der Waals surface area contributed by atoms with E-state index in [2.05, 4.69) is 29.8 Å². The highest BCUT2D eigenvalue weighted by Crippen LogP contribution is 2.23. The van der Waals surface area contributed by atoms with Crippen LogP contribution < -0.4 is 14.8 Å². The normalized spacial score (nSPS) is 11.0. The predicted molar refractivity (Wildman–Crippen MR) is 106 cm³/mol. The summed E-state index contributed by atoms with van der Waals surface area (Å²) in [6.45, 7) is 4.77. The quantitative estimate of drug-likeness (QED) is 0.693. The molecule has 0 aliphatic heterocycles. The molecule has 0 bridgehead atoms. The molecule has 6 nitrogen and oxygen atoms in total. The number of hydrogen-bond donors (Lipinski definition) is 1. The van der Waals surface area contributed by atoms with Gasteiger partial charge in [0, 0.05) is 30.6 Å². The molecule has 142 valence electrons. The molecule has 1 amide bonds. The molecule has 2 aromatic carbocycles. The molecule has 1 heterocycles. The third-order valence-corrected chi connectivity index (χ3v) is 4.43. The first kappa shape index (κ1) is 18.8. The summed E-state index contributed by atoms with van der Waals surface area (Å²) in [5, 5.41) is 2.96. The number of nitrogens with zero attached hydrogens (tertiary/aromatic N) is 2.